The maximum absolute atomic E-state index is 12.6. The molecular formula is C17H20O2. The van der Waals surface area contributed by atoms with Crippen molar-refractivity contribution in [2.45, 2.75) is 44.8 Å². The summed E-state index contributed by atoms with van der Waals surface area (Å²) in [6.45, 7) is 6.13. The molecule has 2 unspecified atom stereocenters. The Morgan fingerprint density at radius 1 is 1.21 bits per heavy atom. The number of hydrogen-bond acceptors (Lipinski definition) is 2. The van der Waals surface area contributed by atoms with E-state index in [0.29, 0.717) is 0 Å². The van der Waals surface area contributed by atoms with E-state index in [1.807, 2.05) is 37.3 Å². The highest BCUT2D eigenvalue weighted by Gasteiger charge is 2.56. The molecule has 2 aliphatic heterocycles. The van der Waals surface area contributed by atoms with Crippen LogP contribution in [0.2, 0.25) is 0 Å². The van der Waals surface area contributed by atoms with Crippen LogP contribution in [0.1, 0.15) is 39.2 Å². The van der Waals surface area contributed by atoms with Crippen molar-refractivity contribution in [2.75, 3.05) is 0 Å². The number of benzene rings is 1. The lowest BCUT2D eigenvalue weighted by Gasteiger charge is -2.53. The summed E-state index contributed by atoms with van der Waals surface area (Å²) in [4.78, 5) is 12.6. The van der Waals surface area contributed by atoms with Crippen molar-refractivity contribution >= 4 is 11.9 Å². The van der Waals surface area contributed by atoms with Gasteiger partial charge in [0.1, 0.15) is 5.60 Å². The van der Waals surface area contributed by atoms with Gasteiger partial charge in [-0.3, -0.25) is 4.79 Å². The number of ketones is 1. The summed E-state index contributed by atoms with van der Waals surface area (Å²) in [6.07, 6.45) is 3.93. The van der Waals surface area contributed by atoms with Crippen LogP contribution in [0.15, 0.2) is 35.9 Å². The van der Waals surface area contributed by atoms with Gasteiger partial charge in [-0.15, -0.1) is 0 Å². The molecule has 100 valence electrons. The third-order valence-corrected chi connectivity index (χ3v) is 4.48. The van der Waals surface area contributed by atoms with Gasteiger partial charge in [0.25, 0.3) is 0 Å². The Labute approximate surface area is 114 Å². The molecule has 0 spiro atoms. The smallest absolute Gasteiger partial charge is 0.190 e. The molecule has 0 N–H and O–H groups in total. The Bertz CT molecular complexity index is 542. The maximum atomic E-state index is 12.6. The quantitative estimate of drug-likeness (QED) is 0.717. The molecule has 2 atom stereocenters. The molecule has 3 fully saturated rings. The van der Waals surface area contributed by atoms with E-state index >= 15 is 0 Å². The molecule has 1 aliphatic carbocycles. The Morgan fingerprint density at radius 2 is 1.89 bits per heavy atom. The first-order valence-electron chi connectivity index (χ1n) is 6.94. The van der Waals surface area contributed by atoms with Gasteiger partial charge < -0.3 is 4.74 Å². The summed E-state index contributed by atoms with van der Waals surface area (Å²) in [5.41, 5.74) is 1.16. The lowest BCUT2D eigenvalue weighted by molar-refractivity contribution is -0.206. The van der Waals surface area contributed by atoms with Gasteiger partial charge in [-0.25, -0.2) is 0 Å². The summed E-state index contributed by atoms with van der Waals surface area (Å²) in [6, 6.07) is 10.1. The standard InChI is InChI=1S/C17H20O2/c1-16(2)14-9-10-17(3,19-16)15(18)13(14)11-12-7-5-4-6-8-12/h4-8,11,14H,9-10H2,1-3H3/b13-11-. The first kappa shape index (κ1) is 12.6. The first-order chi connectivity index (χ1) is 8.92. The number of fused-ring (bicyclic) bond motifs is 3. The summed E-state index contributed by atoms with van der Waals surface area (Å²) >= 11 is 0. The monoisotopic (exact) mass is 256 g/mol. The molecular weight excluding hydrogens is 236 g/mol. The van der Waals surface area contributed by atoms with Gasteiger partial charge in [0.15, 0.2) is 5.78 Å². The van der Waals surface area contributed by atoms with Crippen molar-refractivity contribution in [3.05, 3.63) is 41.5 Å². The highest BCUT2D eigenvalue weighted by Crippen LogP contribution is 2.50. The third-order valence-electron chi connectivity index (χ3n) is 4.48. The van der Waals surface area contributed by atoms with E-state index in [4.69, 9.17) is 4.74 Å². The Kier molecular flexibility index (Phi) is 2.68. The Morgan fingerprint density at radius 3 is 2.53 bits per heavy atom. The first-order valence-corrected chi connectivity index (χ1v) is 6.94. The van der Waals surface area contributed by atoms with Crippen molar-refractivity contribution in [1.29, 1.82) is 0 Å². The normalized spacial score (nSPS) is 34.8. The Balaban J connectivity index is 2.06. The Hall–Kier alpha value is -1.41. The summed E-state index contributed by atoms with van der Waals surface area (Å²) in [5.74, 6) is 0.383. The second-order valence-corrected chi connectivity index (χ2v) is 6.37. The van der Waals surface area contributed by atoms with Gasteiger partial charge >= 0.3 is 0 Å². The number of ether oxygens (including phenoxy) is 1. The van der Waals surface area contributed by atoms with Crippen molar-refractivity contribution in [1.82, 2.24) is 0 Å². The molecule has 1 saturated carbocycles. The zero-order chi connectivity index (χ0) is 13.7. The lowest BCUT2D eigenvalue weighted by atomic mass is 9.65. The SMILES string of the molecule is CC12CCC(/C(=C/c3ccccc3)C1=O)C(C)(C)O2. The largest absolute Gasteiger partial charge is 0.361 e. The lowest BCUT2D eigenvalue weighted by Crippen LogP contribution is -2.60. The molecule has 0 aromatic heterocycles. The minimum Gasteiger partial charge on any atom is -0.361 e. The van der Waals surface area contributed by atoms with Crippen molar-refractivity contribution in [3.63, 3.8) is 0 Å². The second-order valence-electron chi connectivity index (χ2n) is 6.37. The van der Waals surface area contributed by atoms with Crippen molar-refractivity contribution in [3.8, 4) is 0 Å². The minimum atomic E-state index is -0.626. The fourth-order valence-corrected chi connectivity index (χ4v) is 3.52. The molecule has 2 bridgehead atoms. The van der Waals surface area contributed by atoms with E-state index in [-0.39, 0.29) is 17.3 Å². The van der Waals surface area contributed by atoms with Gasteiger partial charge in [-0.1, -0.05) is 30.3 Å². The van der Waals surface area contributed by atoms with Crippen molar-refractivity contribution < 1.29 is 9.53 Å². The van der Waals surface area contributed by atoms with E-state index in [2.05, 4.69) is 19.9 Å². The second kappa shape index (κ2) is 4.04. The van der Waals surface area contributed by atoms with Gasteiger partial charge in [0, 0.05) is 11.5 Å². The molecule has 4 rings (SSSR count). The van der Waals surface area contributed by atoms with Crippen molar-refractivity contribution in [2.24, 2.45) is 5.92 Å². The van der Waals surface area contributed by atoms with E-state index in [9.17, 15) is 4.79 Å². The summed E-state index contributed by atoms with van der Waals surface area (Å²) in [7, 11) is 0. The highest BCUT2D eigenvalue weighted by atomic mass is 16.5. The zero-order valence-corrected chi connectivity index (χ0v) is 11.8. The van der Waals surface area contributed by atoms with Gasteiger partial charge in [-0.2, -0.15) is 0 Å². The van der Waals surface area contributed by atoms with E-state index in [1.165, 1.54) is 0 Å². The average Bonchev–Trinajstić information content (AvgIpc) is 2.34. The highest BCUT2D eigenvalue weighted by molar-refractivity contribution is 6.07. The molecule has 2 heteroatoms. The van der Waals surface area contributed by atoms with E-state index < -0.39 is 5.60 Å². The third kappa shape index (κ3) is 1.95. The number of rotatable bonds is 1. The topological polar surface area (TPSA) is 26.3 Å². The predicted octanol–water partition coefficient (Wildman–Crippen LogP) is 3.62. The van der Waals surface area contributed by atoms with Crippen LogP contribution >= 0.6 is 0 Å². The van der Waals surface area contributed by atoms with Crippen LogP contribution in [0.4, 0.5) is 0 Å². The molecule has 0 amide bonds. The molecule has 19 heavy (non-hydrogen) atoms. The molecule has 2 saturated heterocycles. The zero-order valence-electron chi connectivity index (χ0n) is 11.8. The number of Topliss-reactive ketones (excluding diaryl/α,β-unsaturated/α-hetero) is 1. The average molecular weight is 256 g/mol. The van der Waals surface area contributed by atoms with Crippen LogP contribution in [0, 0.1) is 5.92 Å². The minimum absolute atomic E-state index is 0.173. The number of hydrogen-bond donors (Lipinski definition) is 0. The van der Waals surface area contributed by atoms with E-state index in [0.717, 1.165) is 24.0 Å². The van der Waals surface area contributed by atoms with E-state index in [1.54, 1.807) is 0 Å². The molecule has 2 nitrogen and oxygen atoms in total. The fourth-order valence-electron chi connectivity index (χ4n) is 3.52. The van der Waals surface area contributed by atoms with Gasteiger partial charge in [0.05, 0.1) is 5.60 Å². The van der Waals surface area contributed by atoms with Crippen LogP contribution in [-0.2, 0) is 9.53 Å². The van der Waals surface area contributed by atoms with Crippen LogP contribution in [0.25, 0.3) is 6.08 Å². The molecule has 0 radical (unpaired) electrons. The maximum Gasteiger partial charge on any atom is 0.190 e. The number of carbonyl (C=O) groups excluding carboxylic acids is 1. The fraction of sp³-hybridized carbons (Fsp3) is 0.471. The number of carbonyl (C=O) groups is 1. The predicted molar refractivity (Wildman–Crippen MR) is 75.7 cm³/mol. The summed E-state index contributed by atoms with van der Waals surface area (Å²) in [5, 5.41) is 0. The molecule has 1 aromatic rings. The molecule has 2 heterocycles. The summed E-state index contributed by atoms with van der Waals surface area (Å²) < 4.78 is 6.05. The van der Waals surface area contributed by atoms with Gasteiger partial charge in [0.2, 0.25) is 0 Å². The van der Waals surface area contributed by atoms with Crippen LogP contribution in [-0.4, -0.2) is 17.0 Å². The van der Waals surface area contributed by atoms with Crippen LogP contribution in [0.5, 0.6) is 0 Å². The molecule has 3 aliphatic rings. The van der Waals surface area contributed by atoms with Crippen LogP contribution in [0.3, 0.4) is 0 Å². The van der Waals surface area contributed by atoms with Crippen LogP contribution < -0.4 is 0 Å². The molecule has 1 aromatic carbocycles. The van der Waals surface area contributed by atoms with Gasteiger partial charge in [-0.05, 0) is 45.3 Å².